The van der Waals surface area contributed by atoms with Gasteiger partial charge in [-0.2, -0.15) is 0 Å². The second-order valence-corrected chi connectivity index (χ2v) is 4.83. The van der Waals surface area contributed by atoms with Crippen LogP contribution in [-0.4, -0.2) is 30.5 Å². The predicted molar refractivity (Wildman–Crippen MR) is 83.3 cm³/mol. The number of aliphatic hydroxyl groups excluding tert-OH is 1. The van der Waals surface area contributed by atoms with E-state index in [1.807, 2.05) is 48.6 Å². The summed E-state index contributed by atoms with van der Waals surface area (Å²) >= 11 is 0. The van der Waals surface area contributed by atoms with Crippen LogP contribution in [0.5, 0.6) is 0 Å². The normalized spacial score (nSPS) is 14.7. The average molecular weight is 287 g/mol. The Balaban J connectivity index is 2.02. The molecule has 2 rings (SSSR count). The second-order valence-electron chi connectivity index (χ2n) is 4.83. The fraction of sp³-hybridized carbons (Fsp3) is 0.353. The third kappa shape index (κ3) is 4.20. The molecule has 1 N–H and O–H groups in total. The van der Waals surface area contributed by atoms with Crippen molar-refractivity contribution in [2.75, 3.05) is 18.1 Å². The lowest BCUT2D eigenvalue weighted by Crippen LogP contribution is -2.34. The Morgan fingerprint density at radius 1 is 1.38 bits per heavy atom. The molecule has 21 heavy (non-hydrogen) atoms. The van der Waals surface area contributed by atoms with E-state index in [9.17, 15) is 9.90 Å². The number of amides is 1. The molecule has 0 spiro atoms. The molecule has 1 aromatic rings. The van der Waals surface area contributed by atoms with Crippen molar-refractivity contribution in [3.63, 3.8) is 0 Å². The minimum absolute atomic E-state index is 0.332. The van der Waals surface area contributed by atoms with E-state index in [2.05, 4.69) is 0 Å². The van der Waals surface area contributed by atoms with Gasteiger partial charge in [-0.25, -0.2) is 4.79 Å². The molecule has 1 aliphatic carbocycles. The number of allylic oxidation sites excluding steroid dienone is 2. The molecule has 112 valence electrons. The molecule has 1 unspecified atom stereocenters. The highest BCUT2D eigenvalue weighted by Crippen LogP contribution is 2.19. The molecule has 1 amide bonds. The van der Waals surface area contributed by atoms with E-state index in [0.29, 0.717) is 19.6 Å². The van der Waals surface area contributed by atoms with Crippen molar-refractivity contribution in [2.45, 2.75) is 25.9 Å². The SMILES string of the molecule is CCOC(=O)N(CCC(O)C1=CCC=C1)c1ccccc1. The van der Waals surface area contributed by atoms with Crippen LogP contribution >= 0.6 is 0 Å². The van der Waals surface area contributed by atoms with Crippen molar-refractivity contribution >= 4 is 11.8 Å². The topological polar surface area (TPSA) is 49.8 Å². The third-order valence-corrected chi connectivity index (χ3v) is 3.37. The highest BCUT2D eigenvalue weighted by molar-refractivity contribution is 5.87. The smallest absolute Gasteiger partial charge is 0.414 e. The fourth-order valence-electron chi connectivity index (χ4n) is 2.28. The molecule has 0 saturated heterocycles. The van der Waals surface area contributed by atoms with Crippen molar-refractivity contribution in [1.82, 2.24) is 0 Å². The maximum absolute atomic E-state index is 12.1. The molecule has 1 aromatic carbocycles. The number of hydrogen-bond donors (Lipinski definition) is 1. The Labute approximate surface area is 125 Å². The van der Waals surface area contributed by atoms with Crippen LogP contribution in [0.4, 0.5) is 10.5 Å². The molecule has 0 fully saturated rings. The molecule has 1 atom stereocenters. The Morgan fingerprint density at radius 2 is 2.14 bits per heavy atom. The Morgan fingerprint density at radius 3 is 2.76 bits per heavy atom. The summed E-state index contributed by atoms with van der Waals surface area (Å²) in [6.45, 7) is 2.53. The van der Waals surface area contributed by atoms with Gasteiger partial charge in [0.1, 0.15) is 0 Å². The summed E-state index contributed by atoms with van der Waals surface area (Å²) in [4.78, 5) is 13.6. The van der Waals surface area contributed by atoms with Gasteiger partial charge >= 0.3 is 6.09 Å². The van der Waals surface area contributed by atoms with Crippen LogP contribution in [0.3, 0.4) is 0 Å². The summed E-state index contributed by atoms with van der Waals surface area (Å²) in [5.74, 6) is 0. The molecule has 0 saturated carbocycles. The highest BCUT2D eigenvalue weighted by atomic mass is 16.6. The number of carbonyl (C=O) groups excluding carboxylic acids is 1. The van der Waals surface area contributed by atoms with Crippen LogP contribution < -0.4 is 4.90 Å². The first-order valence-corrected chi connectivity index (χ1v) is 7.26. The molecule has 4 nitrogen and oxygen atoms in total. The summed E-state index contributed by atoms with van der Waals surface area (Å²) in [6.07, 6.45) is 6.36. The quantitative estimate of drug-likeness (QED) is 0.873. The average Bonchev–Trinajstić information content (AvgIpc) is 3.03. The van der Waals surface area contributed by atoms with Crippen LogP contribution in [0.2, 0.25) is 0 Å². The summed E-state index contributed by atoms with van der Waals surface area (Å²) in [5.41, 5.74) is 1.70. The number of ether oxygens (including phenoxy) is 1. The van der Waals surface area contributed by atoms with Gasteiger partial charge in [0.25, 0.3) is 0 Å². The zero-order valence-corrected chi connectivity index (χ0v) is 12.2. The highest BCUT2D eigenvalue weighted by Gasteiger charge is 2.19. The number of carbonyl (C=O) groups is 1. The van der Waals surface area contributed by atoms with Crippen LogP contribution in [0.1, 0.15) is 19.8 Å². The van der Waals surface area contributed by atoms with Gasteiger partial charge in [-0.3, -0.25) is 4.90 Å². The predicted octanol–water partition coefficient (Wildman–Crippen LogP) is 3.29. The van der Waals surface area contributed by atoms with Gasteiger partial charge in [0.05, 0.1) is 12.7 Å². The van der Waals surface area contributed by atoms with Gasteiger partial charge in [0.2, 0.25) is 0 Å². The van der Waals surface area contributed by atoms with Crippen LogP contribution in [0.25, 0.3) is 0 Å². The van der Waals surface area contributed by atoms with E-state index in [0.717, 1.165) is 17.7 Å². The van der Waals surface area contributed by atoms with E-state index in [-0.39, 0.29) is 6.09 Å². The molecule has 4 heteroatoms. The summed E-state index contributed by atoms with van der Waals surface area (Å²) in [7, 11) is 0. The van der Waals surface area contributed by atoms with Gasteiger partial charge in [0, 0.05) is 12.2 Å². The second kappa shape index (κ2) is 7.64. The van der Waals surface area contributed by atoms with Crippen LogP contribution in [0, 0.1) is 0 Å². The molecule has 0 aliphatic heterocycles. The molecule has 0 bridgehead atoms. The van der Waals surface area contributed by atoms with Crippen molar-refractivity contribution in [3.05, 3.63) is 54.1 Å². The Kier molecular flexibility index (Phi) is 5.58. The first-order chi connectivity index (χ1) is 10.2. The number of benzene rings is 1. The molecule has 0 aromatic heterocycles. The van der Waals surface area contributed by atoms with E-state index >= 15 is 0 Å². The number of anilines is 1. The monoisotopic (exact) mass is 287 g/mol. The van der Waals surface area contributed by atoms with Crippen molar-refractivity contribution < 1.29 is 14.6 Å². The first-order valence-electron chi connectivity index (χ1n) is 7.26. The van der Waals surface area contributed by atoms with E-state index in [1.165, 1.54) is 0 Å². The summed E-state index contributed by atoms with van der Waals surface area (Å²) < 4.78 is 5.09. The van der Waals surface area contributed by atoms with E-state index < -0.39 is 6.10 Å². The van der Waals surface area contributed by atoms with Gasteiger partial charge in [0.15, 0.2) is 0 Å². The Hall–Kier alpha value is -2.07. The van der Waals surface area contributed by atoms with Crippen LogP contribution in [0.15, 0.2) is 54.1 Å². The van der Waals surface area contributed by atoms with Crippen molar-refractivity contribution in [2.24, 2.45) is 0 Å². The van der Waals surface area contributed by atoms with Gasteiger partial charge < -0.3 is 9.84 Å². The number of nitrogens with zero attached hydrogens (tertiary/aromatic N) is 1. The summed E-state index contributed by atoms with van der Waals surface area (Å²) in [6, 6.07) is 9.37. The molecule has 0 heterocycles. The van der Waals surface area contributed by atoms with Crippen molar-refractivity contribution in [1.29, 1.82) is 0 Å². The standard InChI is InChI=1S/C17H21NO3/c1-2-21-17(20)18(15-10-4-3-5-11-15)13-12-16(19)14-8-6-7-9-14/h3-6,8-11,16,19H,2,7,12-13H2,1H3. The largest absolute Gasteiger partial charge is 0.449 e. The van der Waals surface area contributed by atoms with Gasteiger partial charge in [-0.05, 0) is 37.5 Å². The summed E-state index contributed by atoms with van der Waals surface area (Å²) in [5, 5.41) is 10.2. The molecule has 0 radical (unpaired) electrons. The number of rotatable bonds is 6. The molecule has 1 aliphatic rings. The fourth-order valence-corrected chi connectivity index (χ4v) is 2.28. The Bertz CT molecular complexity index is 522. The van der Waals surface area contributed by atoms with Crippen LogP contribution in [-0.2, 0) is 4.74 Å². The van der Waals surface area contributed by atoms with Gasteiger partial charge in [-0.15, -0.1) is 0 Å². The van der Waals surface area contributed by atoms with E-state index in [1.54, 1.807) is 11.8 Å². The molecular formula is C17H21NO3. The van der Waals surface area contributed by atoms with Gasteiger partial charge in [-0.1, -0.05) is 36.4 Å². The third-order valence-electron chi connectivity index (χ3n) is 3.37. The maximum atomic E-state index is 12.1. The number of aliphatic hydroxyl groups is 1. The van der Waals surface area contributed by atoms with E-state index in [4.69, 9.17) is 4.74 Å². The number of para-hydroxylation sites is 1. The lowest BCUT2D eigenvalue weighted by molar-refractivity contribution is 0.157. The zero-order valence-electron chi connectivity index (χ0n) is 12.2. The maximum Gasteiger partial charge on any atom is 0.414 e. The first kappa shape index (κ1) is 15.3. The lowest BCUT2D eigenvalue weighted by atomic mass is 10.1. The van der Waals surface area contributed by atoms with Crippen molar-refractivity contribution in [3.8, 4) is 0 Å². The lowest BCUT2D eigenvalue weighted by Gasteiger charge is -2.23. The minimum atomic E-state index is -0.551. The molecular weight excluding hydrogens is 266 g/mol. The zero-order chi connectivity index (χ0) is 15.1. The minimum Gasteiger partial charge on any atom is -0.449 e. The number of hydrogen-bond acceptors (Lipinski definition) is 3.